The van der Waals surface area contributed by atoms with Crippen LogP contribution < -0.4 is 11.3 Å². The SMILES string of the molecule is CCn1ncc(Cl)c1C(Cc1cccc(Br)c1)NN. The van der Waals surface area contributed by atoms with Crippen LogP contribution in [-0.4, -0.2) is 9.78 Å². The number of rotatable bonds is 5. The van der Waals surface area contributed by atoms with Crippen LogP contribution in [0, 0.1) is 0 Å². The van der Waals surface area contributed by atoms with Gasteiger partial charge in [0.2, 0.25) is 0 Å². The quantitative estimate of drug-likeness (QED) is 0.648. The summed E-state index contributed by atoms with van der Waals surface area (Å²) in [5.41, 5.74) is 4.93. The van der Waals surface area contributed by atoms with E-state index in [1.807, 2.05) is 23.7 Å². The molecular formula is C13H16BrClN4. The lowest BCUT2D eigenvalue weighted by Crippen LogP contribution is -2.31. The second-order valence-electron chi connectivity index (χ2n) is 4.25. The van der Waals surface area contributed by atoms with Crippen molar-refractivity contribution in [2.75, 3.05) is 0 Å². The second kappa shape index (κ2) is 6.52. The van der Waals surface area contributed by atoms with E-state index < -0.39 is 0 Å². The zero-order valence-electron chi connectivity index (χ0n) is 10.6. The van der Waals surface area contributed by atoms with Crippen molar-refractivity contribution in [2.24, 2.45) is 5.84 Å². The summed E-state index contributed by atoms with van der Waals surface area (Å²) in [6.07, 6.45) is 2.41. The Kier molecular flexibility index (Phi) is 4.99. The molecule has 1 aromatic heterocycles. The third kappa shape index (κ3) is 3.36. The van der Waals surface area contributed by atoms with Gasteiger partial charge in [0, 0.05) is 11.0 Å². The molecule has 0 saturated heterocycles. The van der Waals surface area contributed by atoms with Gasteiger partial charge in [-0.15, -0.1) is 0 Å². The van der Waals surface area contributed by atoms with Crippen LogP contribution in [-0.2, 0) is 13.0 Å². The lowest BCUT2D eigenvalue weighted by atomic mass is 10.0. The first-order valence-electron chi connectivity index (χ1n) is 6.07. The van der Waals surface area contributed by atoms with E-state index >= 15 is 0 Å². The molecule has 0 aliphatic heterocycles. The molecule has 6 heteroatoms. The number of hydrogen-bond donors (Lipinski definition) is 2. The molecule has 102 valence electrons. The third-order valence-corrected chi connectivity index (χ3v) is 3.78. The maximum atomic E-state index is 6.21. The van der Waals surface area contributed by atoms with E-state index in [9.17, 15) is 0 Å². The van der Waals surface area contributed by atoms with Crippen LogP contribution >= 0.6 is 27.5 Å². The van der Waals surface area contributed by atoms with E-state index in [-0.39, 0.29) is 6.04 Å². The highest BCUT2D eigenvalue weighted by Crippen LogP contribution is 2.26. The van der Waals surface area contributed by atoms with Crippen molar-refractivity contribution in [1.82, 2.24) is 15.2 Å². The molecule has 2 aromatic rings. The summed E-state index contributed by atoms with van der Waals surface area (Å²) in [4.78, 5) is 0. The molecule has 0 aliphatic carbocycles. The van der Waals surface area contributed by atoms with Crippen LogP contribution in [0.4, 0.5) is 0 Å². The summed E-state index contributed by atoms with van der Waals surface area (Å²) in [7, 11) is 0. The molecule has 1 heterocycles. The van der Waals surface area contributed by atoms with Gasteiger partial charge in [0.25, 0.3) is 0 Å². The fourth-order valence-corrected chi connectivity index (χ4v) is 2.82. The summed E-state index contributed by atoms with van der Waals surface area (Å²) in [6.45, 7) is 2.79. The van der Waals surface area contributed by atoms with E-state index in [2.05, 4.69) is 38.6 Å². The summed E-state index contributed by atoms with van der Waals surface area (Å²) in [6, 6.07) is 8.08. The van der Waals surface area contributed by atoms with E-state index in [1.165, 1.54) is 5.56 Å². The molecule has 0 spiro atoms. The van der Waals surface area contributed by atoms with Gasteiger partial charge in [0.05, 0.1) is 23.0 Å². The van der Waals surface area contributed by atoms with Gasteiger partial charge in [-0.05, 0) is 31.0 Å². The Morgan fingerprint density at radius 2 is 2.32 bits per heavy atom. The Hall–Kier alpha value is -0.880. The molecule has 2 rings (SSSR count). The molecule has 0 fully saturated rings. The van der Waals surface area contributed by atoms with Gasteiger partial charge in [-0.1, -0.05) is 39.7 Å². The van der Waals surface area contributed by atoms with Gasteiger partial charge >= 0.3 is 0 Å². The Labute approximate surface area is 126 Å². The monoisotopic (exact) mass is 342 g/mol. The molecule has 0 bridgehead atoms. The minimum absolute atomic E-state index is 0.0655. The zero-order chi connectivity index (χ0) is 13.8. The number of nitrogens with zero attached hydrogens (tertiary/aromatic N) is 2. The Balaban J connectivity index is 2.27. The summed E-state index contributed by atoms with van der Waals surface area (Å²) >= 11 is 9.68. The van der Waals surface area contributed by atoms with Gasteiger partial charge in [0.15, 0.2) is 0 Å². The van der Waals surface area contributed by atoms with Gasteiger partial charge in [-0.25, -0.2) is 0 Å². The van der Waals surface area contributed by atoms with E-state index in [1.54, 1.807) is 6.20 Å². The molecule has 4 nitrogen and oxygen atoms in total. The molecule has 1 atom stereocenters. The number of aromatic nitrogens is 2. The number of halogens is 2. The van der Waals surface area contributed by atoms with Crippen molar-refractivity contribution in [3.8, 4) is 0 Å². The Morgan fingerprint density at radius 3 is 2.95 bits per heavy atom. The van der Waals surface area contributed by atoms with Crippen LogP contribution in [0.15, 0.2) is 34.9 Å². The first kappa shape index (κ1) is 14.5. The van der Waals surface area contributed by atoms with Crippen molar-refractivity contribution in [3.05, 3.63) is 51.2 Å². The maximum absolute atomic E-state index is 6.21. The van der Waals surface area contributed by atoms with E-state index in [4.69, 9.17) is 17.4 Å². The fourth-order valence-electron chi connectivity index (χ4n) is 2.10. The third-order valence-electron chi connectivity index (χ3n) is 2.99. The molecule has 0 amide bonds. The lowest BCUT2D eigenvalue weighted by molar-refractivity contribution is 0.491. The number of nitrogens with two attached hydrogens (primary N) is 1. The Morgan fingerprint density at radius 1 is 1.53 bits per heavy atom. The average molecular weight is 344 g/mol. The van der Waals surface area contributed by atoms with E-state index in [0.717, 1.165) is 23.1 Å². The van der Waals surface area contributed by atoms with Gasteiger partial charge in [-0.2, -0.15) is 5.10 Å². The molecule has 19 heavy (non-hydrogen) atoms. The van der Waals surface area contributed by atoms with Crippen molar-refractivity contribution in [2.45, 2.75) is 25.9 Å². The normalized spacial score (nSPS) is 12.6. The highest BCUT2D eigenvalue weighted by Gasteiger charge is 2.19. The highest BCUT2D eigenvalue weighted by molar-refractivity contribution is 9.10. The standard InChI is InChI=1S/C13H16BrClN4/c1-2-19-13(11(15)8-17-19)12(18-16)7-9-4-3-5-10(14)6-9/h3-6,8,12,18H,2,7,16H2,1H3. The predicted molar refractivity (Wildman–Crippen MR) is 80.8 cm³/mol. The number of hydrogen-bond acceptors (Lipinski definition) is 3. The van der Waals surface area contributed by atoms with Gasteiger partial charge in [-0.3, -0.25) is 16.0 Å². The Bertz CT molecular complexity index is 555. The van der Waals surface area contributed by atoms with Crippen LogP contribution in [0.25, 0.3) is 0 Å². The van der Waals surface area contributed by atoms with Gasteiger partial charge in [0.1, 0.15) is 0 Å². The molecule has 1 aromatic carbocycles. The topological polar surface area (TPSA) is 55.9 Å². The molecule has 0 aliphatic rings. The number of hydrazine groups is 1. The number of benzene rings is 1. The lowest BCUT2D eigenvalue weighted by Gasteiger charge is -2.18. The molecule has 3 N–H and O–H groups in total. The second-order valence-corrected chi connectivity index (χ2v) is 5.57. The largest absolute Gasteiger partial charge is 0.271 e. The summed E-state index contributed by atoms with van der Waals surface area (Å²) in [5, 5.41) is 4.88. The van der Waals surface area contributed by atoms with Crippen molar-refractivity contribution >= 4 is 27.5 Å². The number of nitrogens with one attached hydrogen (secondary N) is 1. The molecule has 1 unspecified atom stereocenters. The minimum Gasteiger partial charge on any atom is -0.271 e. The summed E-state index contributed by atoms with van der Waals surface area (Å²) < 4.78 is 2.92. The van der Waals surface area contributed by atoms with Crippen LogP contribution in [0.2, 0.25) is 5.02 Å². The average Bonchev–Trinajstić information content (AvgIpc) is 2.77. The highest BCUT2D eigenvalue weighted by atomic mass is 79.9. The van der Waals surface area contributed by atoms with Crippen molar-refractivity contribution < 1.29 is 0 Å². The molecule has 0 radical (unpaired) electrons. The van der Waals surface area contributed by atoms with Crippen LogP contribution in [0.1, 0.15) is 24.2 Å². The van der Waals surface area contributed by atoms with E-state index in [0.29, 0.717) is 5.02 Å². The first-order valence-corrected chi connectivity index (χ1v) is 7.24. The molecular weight excluding hydrogens is 328 g/mol. The van der Waals surface area contributed by atoms with Gasteiger partial charge < -0.3 is 0 Å². The first-order chi connectivity index (χ1) is 9.15. The summed E-state index contributed by atoms with van der Waals surface area (Å²) in [5.74, 6) is 5.68. The predicted octanol–water partition coefficient (Wildman–Crippen LogP) is 3.07. The zero-order valence-corrected chi connectivity index (χ0v) is 12.9. The number of aryl methyl sites for hydroxylation is 1. The maximum Gasteiger partial charge on any atom is 0.0834 e. The smallest absolute Gasteiger partial charge is 0.0834 e. The van der Waals surface area contributed by atoms with Crippen molar-refractivity contribution in [3.63, 3.8) is 0 Å². The fraction of sp³-hybridized carbons (Fsp3) is 0.308. The van der Waals surface area contributed by atoms with Crippen LogP contribution in [0.5, 0.6) is 0 Å². The minimum atomic E-state index is -0.0655. The molecule has 0 saturated carbocycles. The van der Waals surface area contributed by atoms with Crippen LogP contribution in [0.3, 0.4) is 0 Å². The van der Waals surface area contributed by atoms with Crippen molar-refractivity contribution in [1.29, 1.82) is 0 Å².